The largest absolute Gasteiger partial charge is 0.475 e. The summed E-state index contributed by atoms with van der Waals surface area (Å²) in [6.45, 7) is 0.103. The molecule has 1 aromatic heterocycles. The summed E-state index contributed by atoms with van der Waals surface area (Å²) in [7, 11) is -2.13. The first-order valence-corrected chi connectivity index (χ1v) is 8.91. The molecule has 0 aliphatic heterocycles. The molecule has 1 heterocycles. The molecule has 0 aliphatic carbocycles. The predicted octanol–water partition coefficient (Wildman–Crippen LogP) is 1.13. The van der Waals surface area contributed by atoms with Gasteiger partial charge in [-0.05, 0) is 43.3 Å². The number of furan rings is 1. The Hall–Kier alpha value is -2.65. The lowest BCUT2D eigenvalue weighted by atomic mass is 10.1. The summed E-state index contributed by atoms with van der Waals surface area (Å²) in [5.41, 5.74) is 0.830. The number of aryl methyl sites for hydroxylation is 1. The first-order valence-electron chi connectivity index (χ1n) is 7.43. The molecule has 8 nitrogen and oxygen atoms in total. The van der Waals surface area contributed by atoms with Crippen molar-refractivity contribution in [3.05, 3.63) is 53.5 Å². The number of amides is 1. The number of sulfonamides is 1. The molecule has 1 amide bonds. The zero-order chi connectivity index (χ0) is 18.4. The number of carboxylic acid groups (broad SMARTS) is 1. The third-order valence-corrected chi connectivity index (χ3v) is 4.91. The molecule has 3 N–H and O–H groups in total. The van der Waals surface area contributed by atoms with E-state index in [1.54, 1.807) is 12.1 Å². The predicted molar refractivity (Wildman–Crippen MR) is 88.5 cm³/mol. The van der Waals surface area contributed by atoms with E-state index < -0.39 is 16.0 Å². The van der Waals surface area contributed by atoms with Gasteiger partial charge in [0.05, 0.1) is 11.4 Å². The Kier molecular flexibility index (Phi) is 5.94. The van der Waals surface area contributed by atoms with Crippen LogP contribution in [0.2, 0.25) is 0 Å². The second kappa shape index (κ2) is 7.95. The van der Waals surface area contributed by atoms with Crippen LogP contribution in [0.25, 0.3) is 0 Å². The van der Waals surface area contributed by atoms with Crippen LogP contribution in [0.1, 0.15) is 28.3 Å². The van der Waals surface area contributed by atoms with Crippen molar-refractivity contribution in [1.29, 1.82) is 0 Å². The molecular weight excluding hydrogens is 348 g/mol. The monoisotopic (exact) mass is 366 g/mol. The summed E-state index contributed by atoms with van der Waals surface area (Å²) < 4.78 is 30.5. The fourth-order valence-corrected chi connectivity index (χ4v) is 2.80. The average Bonchev–Trinajstić information content (AvgIpc) is 3.08. The Bertz CT molecular complexity index is 855. The van der Waals surface area contributed by atoms with E-state index in [1.165, 1.54) is 31.3 Å². The van der Waals surface area contributed by atoms with E-state index in [0.717, 1.165) is 5.56 Å². The number of nitrogens with one attached hydrogen (secondary N) is 2. The summed E-state index contributed by atoms with van der Waals surface area (Å²) in [5.74, 6) is -1.21. The number of carbonyl (C=O) groups is 2. The van der Waals surface area contributed by atoms with Crippen LogP contribution in [-0.2, 0) is 27.8 Å². The van der Waals surface area contributed by atoms with Crippen LogP contribution >= 0.6 is 0 Å². The highest BCUT2D eigenvalue weighted by Gasteiger charge is 2.12. The van der Waals surface area contributed by atoms with Crippen LogP contribution in [0.15, 0.2) is 45.7 Å². The maximum absolute atomic E-state index is 11.8. The van der Waals surface area contributed by atoms with Crippen LogP contribution in [-0.4, -0.2) is 32.4 Å². The summed E-state index contributed by atoms with van der Waals surface area (Å²) in [5, 5.41) is 11.4. The van der Waals surface area contributed by atoms with Gasteiger partial charge in [0, 0.05) is 6.42 Å². The number of benzene rings is 1. The van der Waals surface area contributed by atoms with Gasteiger partial charge in [0.2, 0.25) is 21.7 Å². The first kappa shape index (κ1) is 18.7. The van der Waals surface area contributed by atoms with Crippen molar-refractivity contribution in [3.63, 3.8) is 0 Å². The molecule has 0 aliphatic rings. The van der Waals surface area contributed by atoms with E-state index in [2.05, 4.69) is 10.0 Å². The quantitative estimate of drug-likeness (QED) is 0.643. The average molecular weight is 366 g/mol. The lowest BCUT2D eigenvalue weighted by Crippen LogP contribution is -2.22. The number of hydrogen-bond donors (Lipinski definition) is 3. The molecular formula is C16H18N2O6S. The van der Waals surface area contributed by atoms with Gasteiger partial charge in [-0.2, -0.15) is 0 Å². The molecule has 0 radical (unpaired) electrons. The molecule has 134 valence electrons. The van der Waals surface area contributed by atoms with E-state index in [-0.39, 0.29) is 29.5 Å². The van der Waals surface area contributed by atoms with Crippen molar-refractivity contribution in [3.8, 4) is 0 Å². The summed E-state index contributed by atoms with van der Waals surface area (Å²) in [4.78, 5) is 22.7. The Labute approximate surface area is 144 Å². The minimum atomic E-state index is -3.47. The van der Waals surface area contributed by atoms with Gasteiger partial charge < -0.3 is 14.8 Å². The van der Waals surface area contributed by atoms with Crippen molar-refractivity contribution in [2.45, 2.75) is 24.3 Å². The number of rotatable bonds is 8. The first-order chi connectivity index (χ1) is 11.8. The smallest absolute Gasteiger partial charge is 0.371 e. The van der Waals surface area contributed by atoms with Gasteiger partial charge in [0.25, 0.3) is 0 Å². The minimum absolute atomic E-state index is 0.103. The Morgan fingerprint density at radius 2 is 1.80 bits per heavy atom. The minimum Gasteiger partial charge on any atom is -0.475 e. The maximum Gasteiger partial charge on any atom is 0.371 e. The molecule has 9 heteroatoms. The zero-order valence-corrected chi connectivity index (χ0v) is 14.3. The second-order valence-electron chi connectivity index (χ2n) is 5.20. The Balaban J connectivity index is 1.82. The molecule has 2 rings (SSSR count). The van der Waals surface area contributed by atoms with E-state index >= 15 is 0 Å². The Morgan fingerprint density at radius 3 is 2.36 bits per heavy atom. The van der Waals surface area contributed by atoms with Gasteiger partial charge in [0.1, 0.15) is 5.76 Å². The van der Waals surface area contributed by atoms with E-state index in [0.29, 0.717) is 12.2 Å². The highest BCUT2D eigenvalue weighted by atomic mass is 32.2. The van der Waals surface area contributed by atoms with E-state index in [4.69, 9.17) is 9.52 Å². The fraction of sp³-hybridized carbons (Fsp3) is 0.250. The van der Waals surface area contributed by atoms with Crippen molar-refractivity contribution in [2.24, 2.45) is 0 Å². The molecule has 0 spiro atoms. The molecule has 25 heavy (non-hydrogen) atoms. The number of aromatic carboxylic acids is 1. The van der Waals surface area contributed by atoms with Gasteiger partial charge in [-0.3, -0.25) is 4.79 Å². The molecule has 1 aromatic carbocycles. The lowest BCUT2D eigenvalue weighted by molar-refractivity contribution is -0.121. The summed E-state index contributed by atoms with van der Waals surface area (Å²) in [6, 6.07) is 9.09. The van der Waals surface area contributed by atoms with Crippen molar-refractivity contribution in [2.75, 3.05) is 7.05 Å². The van der Waals surface area contributed by atoms with Gasteiger partial charge >= 0.3 is 5.97 Å². The third-order valence-electron chi connectivity index (χ3n) is 3.48. The zero-order valence-electron chi connectivity index (χ0n) is 13.5. The molecule has 0 fully saturated rings. The van der Waals surface area contributed by atoms with Gasteiger partial charge in [-0.15, -0.1) is 0 Å². The number of hydrogen-bond acceptors (Lipinski definition) is 5. The van der Waals surface area contributed by atoms with Crippen molar-refractivity contribution in [1.82, 2.24) is 10.0 Å². The van der Waals surface area contributed by atoms with Crippen LogP contribution in [0.4, 0.5) is 0 Å². The van der Waals surface area contributed by atoms with Crippen LogP contribution in [0.5, 0.6) is 0 Å². The van der Waals surface area contributed by atoms with Crippen LogP contribution in [0.3, 0.4) is 0 Å². The Morgan fingerprint density at radius 1 is 1.12 bits per heavy atom. The van der Waals surface area contributed by atoms with E-state index in [9.17, 15) is 18.0 Å². The second-order valence-corrected chi connectivity index (χ2v) is 7.09. The maximum atomic E-state index is 11.8. The SMILES string of the molecule is CNS(=O)(=O)c1ccc(CCC(=O)NCc2ccc(C(=O)O)o2)cc1. The van der Waals surface area contributed by atoms with Crippen LogP contribution in [0, 0.1) is 0 Å². The molecule has 0 saturated carbocycles. The standard InChI is InChI=1S/C16H18N2O6S/c1-17-25(22,23)13-6-2-11(3-7-13)4-9-15(19)18-10-12-5-8-14(24-12)16(20)21/h2-3,5-8,17H,4,9-10H2,1H3,(H,18,19)(H,20,21). The lowest BCUT2D eigenvalue weighted by Gasteiger charge is -2.06. The molecule has 0 atom stereocenters. The fourth-order valence-electron chi connectivity index (χ4n) is 2.07. The molecule has 2 aromatic rings. The molecule has 0 bridgehead atoms. The number of carboxylic acids is 1. The van der Waals surface area contributed by atoms with Gasteiger partial charge in [-0.1, -0.05) is 12.1 Å². The van der Waals surface area contributed by atoms with Crippen molar-refractivity contribution >= 4 is 21.9 Å². The molecule has 0 saturated heterocycles. The van der Waals surface area contributed by atoms with E-state index in [1.807, 2.05) is 0 Å². The highest BCUT2D eigenvalue weighted by Crippen LogP contribution is 2.12. The third kappa shape index (κ3) is 5.16. The molecule has 0 unspecified atom stereocenters. The summed E-state index contributed by atoms with van der Waals surface area (Å²) in [6.07, 6.45) is 0.662. The normalized spacial score (nSPS) is 11.2. The topological polar surface area (TPSA) is 126 Å². The summed E-state index contributed by atoms with van der Waals surface area (Å²) >= 11 is 0. The van der Waals surface area contributed by atoms with Gasteiger partial charge in [0.15, 0.2) is 0 Å². The van der Waals surface area contributed by atoms with Gasteiger partial charge in [-0.25, -0.2) is 17.9 Å². The number of carbonyl (C=O) groups excluding carboxylic acids is 1. The highest BCUT2D eigenvalue weighted by molar-refractivity contribution is 7.89. The van der Waals surface area contributed by atoms with Crippen molar-refractivity contribution < 1.29 is 27.5 Å². The van der Waals surface area contributed by atoms with Crippen LogP contribution < -0.4 is 10.0 Å².